The van der Waals surface area contributed by atoms with Crippen LogP contribution in [-0.4, -0.2) is 9.85 Å². The lowest BCUT2D eigenvalue weighted by atomic mass is 10.1. The molecule has 0 radical (unpaired) electrons. The summed E-state index contributed by atoms with van der Waals surface area (Å²) in [7, 11) is 0. The standard InChI is InChI=1S/C14H12N2O5/c1-2-10(15(17)18)9-11-7-8-14(21-11)12-5-3-4-6-13(12)16(19)20/h3-9H,2H2,1H3/b10-9+. The number of hydrogen-bond donors (Lipinski definition) is 0. The largest absolute Gasteiger partial charge is 0.456 e. The second kappa shape index (κ2) is 6.00. The molecule has 0 unspecified atom stereocenters. The van der Waals surface area contributed by atoms with Crippen molar-refractivity contribution in [3.05, 3.63) is 68.1 Å². The lowest BCUT2D eigenvalue weighted by Gasteiger charge is -1.98. The molecule has 0 aliphatic heterocycles. The van der Waals surface area contributed by atoms with Crippen molar-refractivity contribution in [1.29, 1.82) is 0 Å². The monoisotopic (exact) mass is 288 g/mol. The number of nitrogens with zero attached hydrogens (tertiary/aromatic N) is 2. The molecule has 7 heteroatoms. The molecule has 0 atom stereocenters. The third kappa shape index (κ3) is 3.14. The van der Waals surface area contributed by atoms with Crippen molar-refractivity contribution >= 4 is 11.8 Å². The van der Waals surface area contributed by atoms with E-state index in [1.54, 1.807) is 37.3 Å². The van der Waals surface area contributed by atoms with Gasteiger partial charge in [-0.25, -0.2) is 0 Å². The third-order valence-corrected chi connectivity index (χ3v) is 2.90. The number of nitro groups is 2. The fraction of sp³-hybridized carbons (Fsp3) is 0.143. The molecule has 1 heterocycles. The first-order valence-corrected chi connectivity index (χ1v) is 6.21. The molecule has 1 aromatic heterocycles. The van der Waals surface area contributed by atoms with Gasteiger partial charge >= 0.3 is 0 Å². The summed E-state index contributed by atoms with van der Waals surface area (Å²) in [5.74, 6) is 0.587. The van der Waals surface area contributed by atoms with Crippen LogP contribution >= 0.6 is 0 Å². The minimum atomic E-state index is -0.498. The fourth-order valence-electron chi connectivity index (χ4n) is 1.86. The van der Waals surface area contributed by atoms with Gasteiger partial charge in [-0.2, -0.15) is 0 Å². The quantitative estimate of drug-likeness (QED) is 0.614. The Kier molecular flexibility index (Phi) is 4.13. The maximum atomic E-state index is 11.0. The van der Waals surface area contributed by atoms with E-state index in [0.29, 0.717) is 11.3 Å². The molecule has 0 saturated carbocycles. The predicted octanol–water partition coefficient (Wildman–Crippen LogP) is 3.88. The van der Waals surface area contributed by atoms with E-state index in [0.717, 1.165) is 0 Å². The van der Waals surface area contributed by atoms with Crippen LogP contribution in [0.15, 0.2) is 46.5 Å². The SMILES string of the molecule is CC/C(=C\c1ccc(-c2ccccc2[N+](=O)[O-])o1)[N+](=O)[O-]. The minimum absolute atomic E-state index is 0.0125. The van der Waals surface area contributed by atoms with E-state index in [-0.39, 0.29) is 23.6 Å². The molecule has 0 fully saturated rings. The van der Waals surface area contributed by atoms with Crippen molar-refractivity contribution in [1.82, 2.24) is 0 Å². The van der Waals surface area contributed by atoms with E-state index >= 15 is 0 Å². The molecular weight excluding hydrogens is 276 g/mol. The zero-order valence-corrected chi connectivity index (χ0v) is 11.2. The molecule has 0 amide bonds. The van der Waals surface area contributed by atoms with E-state index < -0.39 is 9.85 Å². The van der Waals surface area contributed by atoms with E-state index in [4.69, 9.17) is 4.42 Å². The first-order chi connectivity index (χ1) is 10.0. The van der Waals surface area contributed by atoms with Gasteiger partial charge in [0.25, 0.3) is 5.69 Å². The number of furan rings is 1. The topological polar surface area (TPSA) is 99.4 Å². The van der Waals surface area contributed by atoms with E-state index in [2.05, 4.69) is 0 Å². The van der Waals surface area contributed by atoms with E-state index in [1.807, 2.05) is 0 Å². The lowest BCUT2D eigenvalue weighted by Crippen LogP contribution is -1.96. The molecule has 0 N–H and O–H groups in total. The van der Waals surface area contributed by atoms with Crippen LogP contribution < -0.4 is 0 Å². The first kappa shape index (κ1) is 14.4. The second-order valence-electron chi connectivity index (χ2n) is 4.22. The van der Waals surface area contributed by atoms with Crippen molar-refractivity contribution in [2.75, 3.05) is 0 Å². The summed E-state index contributed by atoms with van der Waals surface area (Å²) in [6.07, 6.45) is 1.58. The van der Waals surface area contributed by atoms with Crippen molar-refractivity contribution in [3.63, 3.8) is 0 Å². The Morgan fingerprint density at radius 2 is 1.90 bits per heavy atom. The highest BCUT2D eigenvalue weighted by Gasteiger charge is 2.17. The van der Waals surface area contributed by atoms with Crippen molar-refractivity contribution in [2.45, 2.75) is 13.3 Å². The normalized spacial score (nSPS) is 11.4. The highest BCUT2D eigenvalue weighted by molar-refractivity contribution is 5.70. The zero-order chi connectivity index (χ0) is 15.4. The molecule has 2 aromatic rings. The van der Waals surface area contributed by atoms with Crippen LogP contribution in [0, 0.1) is 20.2 Å². The van der Waals surface area contributed by atoms with Crippen molar-refractivity contribution in [3.8, 4) is 11.3 Å². The number of rotatable bonds is 5. The van der Waals surface area contributed by atoms with Gasteiger partial charge in [0.05, 0.1) is 21.5 Å². The molecular formula is C14H12N2O5. The van der Waals surface area contributed by atoms with Gasteiger partial charge in [-0.3, -0.25) is 20.2 Å². The van der Waals surface area contributed by atoms with Crippen LogP contribution in [0.4, 0.5) is 5.69 Å². The average Bonchev–Trinajstić information content (AvgIpc) is 2.92. The molecule has 0 spiro atoms. The van der Waals surface area contributed by atoms with Crippen LogP contribution in [0.25, 0.3) is 17.4 Å². The van der Waals surface area contributed by atoms with E-state index in [9.17, 15) is 20.2 Å². The maximum Gasteiger partial charge on any atom is 0.280 e. The average molecular weight is 288 g/mol. The summed E-state index contributed by atoms with van der Waals surface area (Å²) < 4.78 is 5.46. The Hall–Kier alpha value is -2.96. The number of allylic oxidation sites excluding steroid dienone is 1. The Morgan fingerprint density at radius 1 is 1.19 bits per heavy atom. The van der Waals surface area contributed by atoms with Gasteiger partial charge in [0.15, 0.2) is 0 Å². The van der Waals surface area contributed by atoms with Crippen molar-refractivity contribution < 1.29 is 14.3 Å². The Balaban J connectivity index is 2.41. The lowest BCUT2D eigenvalue weighted by molar-refractivity contribution is -0.425. The van der Waals surface area contributed by atoms with E-state index in [1.165, 1.54) is 12.1 Å². The Labute approximate surface area is 119 Å². The van der Waals surface area contributed by atoms with Gasteiger partial charge in [0.1, 0.15) is 11.5 Å². The molecule has 0 bridgehead atoms. The summed E-state index contributed by atoms with van der Waals surface area (Å²) in [4.78, 5) is 20.8. The van der Waals surface area contributed by atoms with Gasteiger partial charge in [-0.15, -0.1) is 0 Å². The molecule has 0 aliphatic rings. The minimum Gasteiger partial charge on any atom is -0.456 e. The van der Waals surface area contributed by atoms with Gasteiger partial charge in [0, 0.05) is 12.5 Å². The van der Waals surface area contributed by atoms with Crippen LogP contribution in [-0.2, 0) is 0 Å². The summed E-state index contributed by atoms with van der Waals surface area (Å²) in [6, 6.07) is 9.27. The Bertz CT molecular complexity index is 718. The van der Waals surface area contributed by atoms with Gasteiger partial charge < -0.3 is 4.42 Å². The van der Waals surface area contributed by atoms with Crippen LogP contribution in [0.3, 0.4) is 0 Å². The van der Waals surface area contributed by atoms with Crippen LogP contribution in [0.2, 0.25) is 0 Å². The Morgan fingerprint density at radius 3 is 2.52 bits per heavy atom. The molecule has 1 aromatic carbocycles. The van der Waals surface area contributed by atoms with Gasteiger partial charge in [-0.1, -0.05) is 19.1 Å². The summed E-state index contributed by atoms with van der Waals surface area (Å²) in [6.45, 7) is 1.67. The molecule has 108 valence electrons. The van der Waals surface area contributed by atoms with Gasteiger partial charge in [0.2, 0.25) is 5.70 Å². The number of nitro benzene ring substituents is 1. The van der Waals surface area contributed by atoms with Crippen molar-refractivity contribution in [2.24, 2.45) is 0 Å². The third-order valence-electron chi connectivity index (χ3n) is 2.90. The molecule has 21 heavy (non-hydrogen) atoms. The zero-order valence-electron chi connectivity index (χ0n) is 11.2. The number of para-hydroxylation sites is 1. The fourth-order valence-corrected chi connectivity index (χ4v) is 1.86. The van der Waals surface area contributed by atoms with Crippen LogP contribution in [0.5, 0.6) is 0 Å². The summed E-state index contributed by atoms with van der Waals surface area (Å²) in [5.41, 5.74) is 0.270. The summed E-state index contributed by atoms with van der Waals surface area (Å²) >= 11 is 0. The maximum absolute atomic E-state index is 11.0. The van der Waals surface area contributed by atoms with Crippen LogP contribution in [0.1, 0.15) is 19.1 Å². The molecule has 2 rings (SSSR count). The highest BCUT2D eigenvalue weighted by atomic mass is 16.6. The van der Waals surface area contributed by atoms with Gasteiger partial charge in [-0.05, 0) is 18.2 Å². The summed E-state index contributed by atoms with van der Waals surface area (Å²) in [5, 5.41) is 21.7. The highest BCUT2D eigenvalue weighted by Crippen LogP contribution is 2.31. The molecule has 7 nitrogen and oxygen atoms in total. The number of benzene rings is 1. The predicted molar refractivity (Wildman–Crippen MR) is 76.1 cm³/mol. The molecule has 0 saturated heterocycles. The molecule has 0 aliphatic carbocycles. The smallest absolute Gasteiger partial charge is 0.280 e. The number of hydrogen-bond acceptors (Lipinski definition) is 5. The second-order valence-corrected chi connectivity index (χ2v) is 4.22. The first-order valence-electron chi connectivity index (χ1n) is 6.21.